The summed E-state index contributed by atoms with van der Waals surface area (Å²) in [7, 11) is 0. The number of hydrogen-bond acceptors (Lipinski definition) is 4. The van der Waals surface area contributed by atoms with Gasteiger partial charge in [0.1, 0.15) is 6.04 Å². The summed E-state index contributed by atoms with van der Waals surface area (Å²) in [5.74, 6) is -0.465. The van der Waals surface area contributed by atoms with E-state index in [1.165, 1.54) is 0 Å². The summed E-state index contributed by atoms with van der Waals surface area (Å²) in [5, 5.41) is 7.25. The van der Waals surface area contributed by atoms with Gasteiger partial charge >= 0.3 is 0 Å². The van der Waals surface area contributed by atoms with Crippen LogP contribution >= 0.6 is 22.9 Å². The van der Waals surface area contributed by atoms with E-state index < -0.39 is 6.04 Å². The molecule has 2 rings (SSSR count). The van der Waals surface area contributed by atoms with E-state index in [0.29, 0.717) is 17.1 Å². The minimum Gasteiger partial charge on any atom is -0.349 e. The maximum atomic E-state index is 12.6. The number of hydrogen-bond donors (Lipinski definition) is 2. The number of benzene rings is 1. The maximum absolute atomic E-state index is 12.6. The van der Waals surface area contributed by atoms with E-state index in [9.17, 15) is 9.59 Å². The van der Waals surface area contributed by atoms with Gasteiger partial charge in [-0.3, -0.25) is 9.59 Å². The van der Waals surface area contributed by atoms with Crippen LogP contribution in [0.2, 0.25) is 5.02 Å². The number of rotatable bonds is 7. The van der Waals surface area contributed by atoms with Crippen LogP contribution in [0.5, 0.6) is 0 Å². The van der Waals surface area contributed by atoms with Crippen molar-refractivity contribution in [3.63, 3.8) is 0 Å². The van der Waals surface area contributed by atoms with Gasteiger partial charge in [0.05, 0.1) is 11.6 Å². The van der Waals surface area contributed by atoms with Crippen molar-refractivity contribution in [2.75, 3.05) is 0 Å². The highest BCUT2D eigenvalue weighted by atomic mass is 35.5. The van der Waals surface area contributed by atoms with Gasteiger partial charge in [-0.25, -0.2) is 4.98 Å². The lowest BCUT2D eigenvalue weighted by atomic mass is 9.98. The summed E-state index contributed by atoms with van der Waals surface area (Å²) in [4.78, 5) is 30.2. The van der Waals surface area contributed by atoms with Crippen molar-refractivity contribution in [3.8, 4) is 0 Å². The van der Waals surface area contributed by atoms with Gasteiger partial charge in [-0.2, -0.15) is 0 Å². The zero-order valence-corrected chi connectivity index (χ0v) is 16.1. The van der Waals surface area contributed by atoms with Gasteiger partial charge in [-0.15, -0.1) is 11.3 Å². The van der Waals surface area contributed by atoms with E-state index in [1.807, 2.05) is 20.8 Å². The molecule has 0 saturated heterocycles. The number of nitrogens with one attached hydrogen (secondary N) is 2. The molecule has 2 unspecified atom stereocenters. The first kappa shape index (κ1) is 19.4. The van der Waals surface area contributed by atoms with Crippen LogP contribution in [-0.4, -0.2) is 22.8 Å². The van der Waals surface area contributed by atoms with Crippen LogP contribution in [0.15, 0.2) is 30.5 Å². The third kappa shape index (κ3) is 5.54. The molecule has 0 radical (unpaired) electrons. The number of amides is 2. The van der Waals surface area contributed by atoms with Crippen LogP contribution < -0.4 is 10.6 Å². The Bertz CT molecular complexity index is 730. The SMILES string of the molecule is CCC(C)C(NC(=O)c1ccc(Cl)cc1)C(=O)NCc1cnc(C)s1. The summed E-state index contributed by atoms with van der Waals surface area (Å²) in [6, 6.07) is 6.00. The van der Waals surface area contributed by atoms with Gasteiger partial charge in [0.25, 0.3) is 5.91 Å². The molecule has 2 aromatic rings. The number of carbonyl (C=O) groups excluding carboxylic acids is 2. The minimum atomic E-state index is -0.595. The van der Waals surface area contributed by atoms with E-state index in [0.717, 1.165) is 16.3 Å². The number of aryl methyl sites for hydroxylation is 1. The minimum absolute atomic E-state index is 0.0134. The number of halogens is 1. The van der Waals surface area contributed by atoms with Gasteiger partial charge in [0.15, 0.2) is 0 Å². The van der Waals surface area contributed by atoms with Crippen molar-refractivity contribution >= 4 is 34.8 Å². The van der Waals surface area contributed by atoms with Crippen molar-refractivity contribution < 1.29 is 9.59 Å². The zero-order valence-electron chi connectivity index (χ0n) is 14.5. The summed E-state index contributed by atoms with van der Waals surface area (Å²) in [6.07, 6.45) is 2.53. The van der Waals surface area contributed by atoms with E-state index in [-0.39, 0.29) is 17.7 Å². The molecule has 0 bridgehead atoms. The summed E-state index contributed by atoms with van der Waals surface area (Å²) in [6.45, 7) is 6.27. The molecule has 0 spiro atoms. The molecule has 1 heterocycles. The highest BCUT2D eigenvalue weighted by Crippen LogP contribution is 2.14. The van der Waals surface area contributed by atoms with Crippen LogP contribution in [0.4, 0.5) is 0 Å². The molecule has 0 aliphatic carbocycles. The summed E-state index contributed by atoms with van der Waals surface area (Å²) < 4.78 is 0. The molecule has 2 amide bonds. The first-order valence-electron chi connectivity index (χ1n) is 8.16. The molecule has 25 heavy (non-hydrogen) atoms. The Balaban J connectivity index is 2.02. The smallest absolute Gasteiger partial charge is 0.251 e. The lowest BCUT2D eigenvalue weighted by Gasteiger charge is -2.23. The molecule has 0 aliphatic rings. The van der Waals surface area contributed by atoms with Crippen molar-refractivity contribution in [1.82, 2.24) is 15.6 Å². The van der Waals surface area contributed by atoms with E-state index >= 15 is 0 Å². The first-order chi connectivity index (χ1) is 11.9. The predicted molar refractivity (Wildman–Crippen MR) is 101 cm³/mol. The van der Waals surface area contributed by atoms with Crippen LogP contribution in [0.25, 0.3) is 0 Å². The highest BCUT2D eigenvalue weighted by molar-refractivity contribution is 7.11. The highest BCUT2D eigenvalue weighted by Gasteiger charge is 2.26. The molecule has 2 atom stereocenters. The Morgan fingerprint density at radius 2 is 1.96 bits per heavy atom. The molecule has 1 aromatic carbocycles. The van der Waals surface area contributed by atoms with E-state index in [1.54, 1.807) is 41.8 Å². The topological polar surface area (TPSA) is 71.1 Å². The zero-order chi connectivity index (χ0) is 18.4. The molecule has 134 valence electrons. The van der Waals surface area contributed by atoms with Crippen LogP contribution in [0.3, 0.4) is 0 Å². The fourth-order valence-electron chi connectivity index (χ4n) is 2.30. The Labute approximate surface area is 156 Å². The first-order valence-corrected chi connectivity index (χ1v) is 9.35. The Hall–Kier alpha value is -1.92. The van der Waals surface area contributed by atoms with Crippen molar-refractivity contribution in [3.05, 3.63) is 50.9 Å². The third-order valence-corrected chi connectivity index (χ3v) is 5.16. The van der Waals surface area contributed by atoms with Crippen molar-refractivity contribution in [2.45, 2.75) is 39.8 Å². The average molecular weight is 380 g/mol. The molecule has 0 saturated carbocycles. The molecular weight excluding hydrogens is 358 g/mol. The molecule has 5 nitrogen and oxygen atoms in total. The number of nitrogens with zero attached hydrogens (tertiary/aromatic N) is 1. The van der Waals surface area contributed by atoms with Gasteiger partial charge in [0.2, 0.25) is 5.91 Å². The van der Waals surface area contributed by atoms with E-state index in [4.69, 9.17) is 11.6 Å². The molecule has 0 aliphatic heterocycles. The fraction of sp³-hybridized carbons (Fsp3) is 0.389. The molecular formula is C18H22ClN3O2S. The second kappa shape index (κ2) is 8.97. The third-order valence-electron chi connectivity index (χ3n) is 3.99. The normalized spacial score (nSPS) is 13.1. The maximum Gasteiger partial charge on any atom is 0.251 e. The van der Waals surface area contributed by atoms with Crippen molar-refractivity contribution in [1.29, 1.82) is 0 Å². The summed E-state index contributed by atoms with van der Waals surface area (Å²) in [5.41, 5.74) is 0.476. The largest absolute Gasteiger partial charge is 0.349 e. The Morgan fingerprint density at radius 1 is 1.28 bits per heavy atom. The van der Waals surface area contributed by atoms with Crippen LogP contribution in [0.1, 0.15) is 40.5 Å². The Kier molecular flexibility index (Phi) is 6.96. The molecule has 7 heteroatoms. The average Bonchev–Trinajstić information content (AvgIpc) is 3.02. The van der Waals surface area contributed by atoms with Gasteiger partial charge in [-0.05, 0) is 37.1 Å². The molecule has 0 fully saturated rings. The number of aromatic nitrogens is 1. The second-order valence-electron chi connectivity index (χ2n) is 5.91. The standard InChI is InChI=1S/C18H22ClN3O2S/c1-4-11(2)16(18(24)21-10-15-9-20-12(3)25-15)22-17(23)13-5-7-14(19)8-6-13/h5-9,11,16H,4,10H2,1-3H3,(H,21,24)(H,22,23). The van der Waals surface area contributed by atoms with Gasteiger partial charge < -0.3 is 10.6 Å². The van der Waals surface area contributed by atoms with E-state index in [2.05, 4.69) is 15.6 Å². The van der Waals surface area contributed by atoms with Crippen LogP contribution in [-0.2, 0) is 11.3 Å². The lowest BCUT2D eigenvalue weighted by molar-refractivity contribution is -0.124. The molecule has 2 N–H and O–H groups in total. The van der Waals surface area contributed by atoms with Gasteiger partial charge in [0, 0.05) is 21.7 Å². The quantitative estimate of drug-likeness (QED) is 0.772. The predicted octanol–water partition coefficient (Wildman–Crippen LogP) is 3.57. The summed E-state index contributed by atoms with van der Waals surface area (Å²) >= 11 is 7.39. The van der Waals surface area contributed by atoms with Gasteiger partial charge in [-0.1, -0.05) is 31.9 Å². The number of carbonyl (C=O) groups is 2. The lowest BCUT2D eigenvalue weighted by Crippen LogP contribution is -2.50. The fourth-order valence-corrected chi connectivity index (χ4v) is 3.16. The number of thiazole rings is 1. The Morgan fingerprint density at radius 3 is 2.52 bits per heavy atom. The monoisotopic (exact) mass is 379 g/mol. The van der Waals surface area contributed by atoms with Crippen LogP contribution in [0, 0.1) is 12.8 Å². The second-order valence-corrected chi connectivity index (χ2v) is 7.66. The van der Waals surface area contributed by atoms with Crippen molar-refractivity contribution in [2.24, 2.45) is 5.92 Å². The molecule has 1 aromatic heterocycles.